The molecule has 1 heterocycles. The van der Waals surface area contributed by atoms with E-state index in [1.165, 1.54) is 0 Å². The Morgan fingerprint density at radius 2 is 1.73 bits per heavy atom. The van der Waals surface area contributed by atoms with Crippen LogP contribution in [0.4, 0.5) is 0 Å². The molecule has 0 saturated carbocycles. The molecule has 4 heteroatoms. The average Bonchev–Trinajstić information content (AvgIpc) is 2.18. The average molecular weight is 156 g/mol. The molecule has 0 aromatic rings. The summed E-state index contributed by atoms with van der Waals surface area (Å²) < 4.78 is 0. The first-order valence-electron chi connectivity index (χ1n) is 3.71. The lowest BCUT2D eigenvalue weighted by molar-refractivity contribution is -0.128. The first-order valence-corrected chi connectivity index (χ1v) is 3.71. The standard InChI is InChI=1S/C7H12N2O2/c1-4(2)3-5-6(10)8-9-7(5)11/h4-5H,3H2,1-2H3,(H,8,10)(H,9,11). The predicted molar refractivity (Wildman–Crippen MR) is 39.2 cm³/mol. The lowest BCUT2D eigenvalue weighted by Gasteiger charge is -2.05. The lowest BCUT2D eigenvalue weighted by atomic mass is 9.97. The van der Waals surface area contributed by atoms with Crippen molar-refractivity contribution in [1.29, 1.82) is 0 Å². The highest BCUT2D eigenvalue weighted by Crippen LogP contribution is 2.14. The van der Waals surface area contributed by atoms with Crippen LogP contribution < -0.4 is 10.9 Å². The molecule has 1 fully saturated rings. The SMILES string of the molecule is CC(C)CC1C(=O)NNC1=O. The Kier molecular flexibility index (Phi) is 2.12. The Labute approximate surface area is 65.3 Å². The highest BCUT2D eigenvalue weighted by molar-refractivity contribution is 6.05. The number of carbonyl (C=O) groups is 2. The molecular formula is C7H12N2O2. The maximum atomic E-state index is 10.9. The van der Waals surface area contributed by atoms with E-state index in [4.69, 9.17) is 0 Å². The molecule has 1 rings (SSSR count). The normalized spacial score (nSPS) is 18.8. The minimum Gasteiger partial charge on any atom is -0.272 e. The van der Waals surface area contributed by atoms with E-state index in [0.29, 0.717) is 12.3 Å². The summed E-state index contributed by atoms with van der Waals surface area (Å²) >= 11 is 0. The monoisotopic (exact) mass is 156 g/mol. The summed E-state index contributed by atoms with van der Waals surface area (Å²) in [5.41, 5.74) is 4.57. The van der Waals surface area contributed by atoms with Crippen LogP contribution in [0.15, 0.2) is 0 Å². The summed E-state index contributed by atoms with van der Waals surface area (Å²) in [7, 11) is 0. The van der Waals surface area contributed by atoms with Gasteiger partial charge in [-0.2, -0.15) is 0 Å². The second-order valence-corrected chi connectivity index (χ2v) is 3.16. The number of carbonyl (C=O) groups excluding carboxylic acids is 2. The van der Waals surface area contributed by atoms with Gasteiger partial charge in [0.1, 0.15) is 5.92 Å². The summed E-state index contributed by atoms with van der Waals surface area (Å²) in [6.45, 7) is 3.97. The molecule has 0 bridgehead atoms. The fourth-order valence-electron chi connectivity index (χ4n) is 1.10. The van der Waals surface area contributed by atoms with Gasteiger partial charge in [-0.1, -0.05) is 13.8 Å². The molecule has 1 saturated heterocycles. The van der Waals surface area contributed by atoms with E-state index in [0.717, 1.165) is 0 Å². The van der Waals surface area contributed by atoms with Gasteiger partial charge in [-0.05, 0) is 12.3 Å². The molecule has 62 valence electrons. The van der Waals surface area contributed by atoms with Crippen molar-refractivity contribution in [2.24, 2.45) is 11.8 Å². The van der Waals surface area contributed by atoms with Crippen molar-refractivity contribution in [3.05, 3.63) is 0 Å². The molecule has 0 aliphatic carbocycles. The number of hydrazine groups is 1. The van der Waals surface area contributed by atoms with Crippen LogP contribution in [0, 0.1) is 11.8 Å². The Hall–Kier alpha value is -1.06. The Morgan fingerprint density at radius 3 is 2.09 bits per heavy atom. The van der Waals surface area contributed by atoms with Crippen LogP contribution in [-0.4, -0.2) is 11.8 Å². The molecule has 1 aliphatic rings. The van der Waals surface area contributed by atoms with E-state index in [1.54, 1.807) is 0 Å². The fourth-order valence-corrected chi connectivity index (χ4v) is 1.10. The van der Waals surface area contributed by atoms with Crippen molar-refractivity contribution < 1.29 is 9.59 Å². The van der Waals surface area contributed by atoms with Gasteiger partial charge in [-0.3, -0.25) is 20.4 Å². The largest absolute Gasteiger partial charge is 0.272 e. The zero-order valence-electron chi connectivity index (χ0n) is 6.68. The second kappa shape index (κ2) is 2.90. The van der Waals surface area contributed by atoms with Crippen LogP contribution in [0.2, 0.25) is 0 Å². The van der Waals surface area contributed by atoms with Gasteiger partial charge in [-0.25, -0.2) is 0 Å². The van der Waals surface area contributed by atoms with E-state index in [9.17, 15) is 9.59 Å². The molecule has 0 spiro atoms. The van der Waals surface area contributed by atoms with Gasteiger partial charge in [0, 0.05) is 0 Å². The van der Waals surface area contributed by atoms with Crippen molar-refractivity contribution in [3.63, 3.8) is 0 Å². The molecule has 0 atom stereocenters. The Balaban J connectivity index is 2.55. The third-order valence-corrected chi connectivity index (χ3v) is 1.65. The molecule has 2 N–H and O–H groups in total. The van der Waals surface area contributed by atoms with Crippen molar-refractivity contribution in [2.75, 3.05) is 0 Å². The summed E-state index contributed by atoms with van der Waals surface area (Å²) in [5.74, 6) is -0.517. The second-order valence-electron chi connectivity index (χ2n) is 3.16. The molecule has 0 unspecified atom stereocenters. The van der Waals surface area contributed by atoms with Gasteiger partial charge in [0.2, 0.25) is 0 Å². The van der Waals surface area contributed by atoms with E-state index in [-0.39, 0.29) is 11.8 Å². The van der Waals surface area contributed by atoms with Gasteiger partial charge < -0.3 is 0 Å². The first kappa shape index (κ1) is 8.04. The molecule has 0 radical (unpaired) electrons. The third kappa shape index (κ3) is 1.69. The van der Waals surface area contributed by atoms with Crippen molar-refractivity contribution in [3.8, 4) is 0 Å². The Bertz CT molecular complexity index is 173. The molecular weight excluding hydrogens is 144 g/mol. The number of hydrogen-bond donors (Lipinski definition) is 2. The quantitative estimate of drug-likeness (QED) is 0.544. The van der Waals surface area contributed by atoms with Gasteiger partial charge in [0.25, 0.3) is 11.8 Å². The van der Waals surface area contributed by atoms with Crippen LogP contribution in [0.1, 0.15) is 20.3 Å². The van der Waals surface area contributed by atoms with E-state index in [1.807, 2.05) is 13.8 Å². The molecule has 2 amide bonds. The van der Waals surface area contributed by atoms with Crippen molar-refractivity contribution >= 4 is 11.8 Å². The van der Waals surface area contributed by atoms with Gasteiger partial charge in [-0.15, -0.1) is 0 Å². The maximum absolute atomic E-state index is 10.9. The molecule has 0 aromatic carbocycles. The highest BCUT2D eigenvalue weighted by atomic mass is 16.2. The zero-order chi connectivity index (χ0) is 8.43. The number of rotatable bonds is 2. The van der Waals surface area contributed by atoms with Crippen LogP contribution in [0.3, 0.4) is 0 Å². The number of amides is 2. The van der Waals surface area contributed by atoms with Crippen LogP contribution in [0.25, 0.3) is 0 Å². The minimum atomic E-state index is -0.477. The maximum Gasteiger partial charge on any atom is 0.251 e. The lowest BCUT2D eigenvalue weighted by Crippen LogP contribution is -2.28. The van der Waals surface area contributed by atoms with E-state index < -0.39 is 5.92 Å². The highest BCUT2D eigenvalue weighted by Gasteiger charge is 2.32. The number of hydrogen-bond acceptors (Lipinski definition) is 2. The van der Waals surface area contributed by atoms with Gasteiger partial charge >= 0.3 is 0 Å². The topological polar surface area (TPSA) is 58.2 Å². The first-order chi connectivity index (χ1) is 5.11. The third-order valence-electron chi connectivity index (χ3n) is 1.65. The summed E-state index contributed by atoms with van der Waals surface area (Å²) in [6.07, 6.45) is 0.623. The Morgan fingerprint density at radius 1 is 1.27 bits per heavy atom. The zero-order valence-corrected chi connectivity index (χ0v) is 6.68. The van der Waals surface area contributed by atoms with Crippen molar-refractivity contribution in [1.82, 2.24) is 10.9 Å². The molecule has 11 heavy (non-hydrogen) atoms. The number of nitrogens with one attached hydrogen (secondary N) is 2. The fraction of sp³-hybridized carbons (Fsp3) is 0.714. The van der Waals surface area contributed by atoms with Crippen LogP contribution in [-0.2, 0) is 9.59 Å². The summed E-state index contributed by atoms with van der Waals surface area (Å²) in [5, 5.41) is 0. The summed E-state index contributed by atoms with van der Waals surface area (Å²) in [6, 6.07) is 0. The molecule has 4 nitrogen and oxygen atoms in total. The van der Waals surface area contributed by atoms with Crippen molar-refractivity contribution in [2.45, 2.75) is 20.3 Å². The van der Waals surface area contributed by atoms with Gasteiger partial charge in [0.05, 0.1) is 0 Å². The minimum absolute atomic E-state index is 0.205. The van der Waals surface area contributed by atoms with Crippen LogP contribution in [0.5, 0.6) is 0 Å². The summed E-state index contributed by atoms with van der Waals surface area (Å²) in [4.78, 5) is 21.9. The predicted octanol–water partition coefficient (Wildman–Crippen LogP) is -0.190. The van der Waals surface area contributed by atoms with Crippen LogP contribution >= 0.6 is 0 Å². The van der Waals surface area contributed by atoms with Gasteiger partial charge in [0.15, 0.2) is 0 Å². The molecule has 0 aromatic heterocycles. The molecule has 1 aliphatic heterocycles. The van der Waals surface area contributed by atoms with E-state index in [2.05, 4.69) is 10.9 Å². The smallest absolute Gasteiger partial charge is 0.251 e. The van der Waals surface area contributed by atoms with E-state index >= 15 is 0 Å².